The first kappa shape index (κ1) is 24.3. The molecule has 0 radical (unpaired) electrons. The van der Waals surface area contributed by atoms with Crippen molar-refractivity contribution in [1.29, 1.82) is 0 Å². The highest BCUT2D eigenvalue weighted by Gasteiger charge is 2.24. The number of hydrogen-bond acceptors (Lipinski definition) is 6. The number of thioether (sulfide) groups is 1. The van der Waals surface area contributed by atoms with E-state index in [4.69, 9.17) is 39.8 Å². The lowest BCUT2D eigenvalue weighted by molar-refractivity contribution is -0.118. The maximum atomic E-state index is 13.6. The fraction of sp³-hybridized carbons (Fsp3) is 0.167. The Hall–Kier alpha value is -2.36. The van der Waals surface area contributed by atoms with Crippen LogP contribution in [0.3, 0.4) is 0 Å². The van der Waals surface area contributed by atoms with E-state index in [1.807, 2.05) is 0 Å². The lowest BCUT2D eigenvalue weighted by atomic mass is 10.2. The zero-order valence-electron chi connectivity index (χ0n) is 18.1. The summed E-state index contributed by atoms with van der Waals surface area (Å²) in [6.07, 6.45) is 4.39. The smallest absolute Gasteiger partial charge is 0.267 e. The number of carbonyl (C=O) groups is 1. The van der Waals surface area contributed by atoms with Gasteiger partial charge in [-0.25, -0.2) is 10.4 Å². The molecule has 4 aromatic rings. The standard InChI is InChI=1S/C24H17Cl3N4O2S2/c25-14-5-7-15(8-6-14)31-23(33)21-16-2-1-3-19(16)35-22(21)29-24(31)34-12-20(32)30-28-11-13-4-9-17(26)18(27)10-13/h4-11H,1-3,12H2,(H,30,32). The molecular formula is C24H17Cl3N4O2S2. The first-order chi connectivity index (χ1) is 16.9. The Balaban J connectivity index is 1.40. The summed E-state index contributed by atoms with van der Waals surface area (Å²) in [6.45, 7) is 0. The SMILES string of the molecule is O=C(CSc1nc2sc3c(c2c(=O)n1-c1ccc(Cl)cc1)CCC3)NN=Cc1ccc(Cl)c(Cl)c1. The van der Waals surface area contributed by atoms with Crippen LogP contribution in [-0.2, 0) is 17.6 Å². The van der Waals surface area contributed by atoms with Crippen LogP contribution in [0.1, 0.15) is 22.4 Å². The minimum absolute atomic E-state index is 0.0232. The number of hydrazone groups is 1. The van der Waals surface area contributed by atoms with Gasteiger partial charge in [-0.2, -0.15) is 5.10 Å². The van der Waals surface area contributed by atoms with E-state index < -0.39 is 0 Å². The van der Waals surface area contributed by atoms with Crippen molar-refractivity contribution in [3.8, 4) is 5.69 Å². The van der Waals surface area contributed by atoms with Gasteiger partial charge < -0.3 is 0 Å². The van der Waals surface area contributed by atoms with Gasteiger partial charge in [0.25, 0.3) is 11.5 Å². The molecule has 1 aliphatic rings. The highest BCUT2D eigenvalue weighted by molar-refractivity contribution is 7.99. The van der Waals surface area contributed by atoms with Crippen LogP contribution in [0, 0.1) is 0 Å². The summed E-state index contributed by atoms with van der Waals surface area (Å²) in [5.74, 6) is -0.313. The van der Waals surface area contributed by atoms with Crippen LogP contribution < -0.4 is 11.0 Å². The van der Waals surface area contributed by atoms with E-state index in [0.29, 0.717) is 41.7 Å². The van der Waals surface area contributed by atoms with Crippen molar-refractivity contribution >= 4 is 80.2 Å². The molecule has 0 aliphatic heterocycles. The summed E-state index contributed by atoms with van der Waals surface area (Å²) < 4.78 is 1.56. The predicted octanol–water partition coefficient (Wildman–Crippen LogP) is 6.14. The molecule has 1 N–H and O–H groups in total. The van der Waals surface area contributed by atoms with E-state index >= 15 is 0 Å². The van der Waals surface area contributed by atoms with Crippen molar-refractivity contribution in [2.75, 3.05) is 5.75 Å². The van der Waals surface area contributed by atoms with Gasteiger partial charge in [0.15, 0.2) is 5.16 Å². The topological polar surface area (TPSA) is 76.3 Å². The molecule has 0 fully saturated rings. The third-order valence-electron chi connectivity index (χ3n) is 5.47. The Kier molecular flexibility index (Phi) is 7.18. The van der Waals surface area contributed by atoms with Gasteiger partial charge >= 0.3 is 0 Å². The van der Waals surface area contributed by atoms with E-state index in [0.717, 1.165) is 24.8 Å². The third-order valence-corrected chi connectivity index (χ3v) is 8.59. The molecule has 2 heterocycles. The normalized spacial score (nSPS) is 13.0. The number of halogens is 3. The maximum Gasteiger partial charge on any atom is 0.267 e. The van der Waals surface area contributed by atoms with Gasteiger partial charge in [-0.05, 0) is 66.8 Å². The number of amides is 1. The molecule has 6 nitrogen and oxygen atoms in total. The van der Waals surface area contributed by atoms with Gasteiger partial charge in [-0.3, -0.25) is 14.2 Å². The number of nitrogens with zero attached hydrogens (tertiary/aromatic N) is 3. The number of benzene rings is 2. The second-order valence-electron chi connectivity index (χ2n) is 7.80. The number of carbonyl (C=O) groups excluding carboxylic acids is 1. The highest BCUT2D eigenvalue weighted by atomic mass is 35.5. The summed E-state index contributed by atoms with van der Waals surface area (Å²) >= 11 is 20.7. The number of aromatic nitrogens is 2. The minimum Gasteiger partial charge on any atom is -0.272 e. The van der Waals surface area contributed by atoms with Crippen LogP contribution in [0.5, 0.6) is 0 Å². The lowest BCUT2D eigenvalue weighted by Crippen LogP contribution is -2.24. The van der Waals surface area contributed by atoms with Gasteiger partial charge in [0.1, 0.15) is 4.83 Å². The van der Waals surface area contributed by atoms with Crippen LogP contribution in [0.15, 0.2) is 57.5 Å². The van der Waals surface area contributed by atoms with Gasteiger partial charge in [0, 0.05) is 9.90 Å². The average Bonchev–Trinajstić information content (AvgIpc) is 3.42. The quantitative estimate of drug-likeness (QED) is 0.132. The number of fused-ring (bicyclic) bond motifs is 3. The Morgan fingerprint density at radius 2 is 1.94 bits per heavy atom. The molecule has 0 atom stereocenters. The zero-order valence-corrected chi connectivity index (χ0v) is 22.0. The van der Waals surface area contributed by atoms with Crippen molar-refractivity contribution in [2.45, 2.75) is 24.4 Å². The molecule has 0 unspecified atom stereocenters. The minimum atomic E-state index is -0.336. The van der Waals surface area contributed by atoms with Crippen LogP contribution in [0.4, 0.5) is 0 Å². The second kappa shape index (κ2) is 10.3. The fourth-order valence-electron chi connectivity index (χ4n) is 3.87. The average molecular weight is 564 g/mol. The second-order valence-corrected chi connectivity index (χ2v) is 11.1. The maximum absolute atomic E-state index is 13.6. The summed E-state index contributed by atoms with van der Waals surface area (Å²) in [5, 5.41) is 6.50. The number of nitrogens with one attached hydrogen (secondary N) is 1. The fourth-order valence-corrected chi connectivity index (χ4v) is 6.41. The van der Waals surface area contributed by atoms with Gasteiger partial charge in [0.05, 0.1) is 33.1 Å². The molecule has 2 aromatic heterocycles. The Morgan fingerprint density at radius 3 is 2.71 bits per heavy atom. The molecule has 0 saturated carbocycles. The Bertz CT molecular complexity index is 1530. The van der Waals surface area contributed by atoms with E-state index in [1.54, 1.807) is 58.4 Å². The zero-order chi connectivity index (χ0) is 24.5. The summed E-state index contributed by atoms with van der Waals surface area (Å²) in [7, 11) is 0. The van der Waals surface area contributed by atoms with E-state index in [-0.39, 0.29) is 17.2 Å². The van der Waals surface area contributed by atoms with E-state index in [1.165, 1.54) is 22.9 Å². The first-order valence-corrected chi connectivity index (χ1v) is 13.6. The molecule has 11 heteroatoms. The summed E-state index contributed by atoms with van der Waals surface area (Å²) in [5.41, 5.74) is 4.81. The first-order valence-electron chi connectivity index (χ1n) is 10.6. The molecule has 1 aliphatic carbocycles. The largest absolute Gasteiger partial charge is 0.272 e. The predicted molar refractivity (Wildman–Crippen MR) is 145 cm³/mol. The summed E-state index contributed by atoms with van der Waals surface area (Å²) in [6, 6.07) is 12.0. The van der Waals surface area contributed by atoms with Crippen molar-refractivity contribution in [3.05, 3.63) is 83.9 Å². The highest BCUT2D eigenvalue weighted by Crippen LogP contribution is 2.36. The molecule has 1 amide bonds. The molecule has 5 rings (SSSR count). The van der Waals surface area contributed by atoms with Crippen LogP contribution in [0.25, 0.3) is 15.9 Å². The van der Waals surface area contributed by atoms with Gasteiger partial charge in [-0.15, -0.1) is 11.3 Å². The van der Waals surface area contributed by atoms with Crippen molar-refractivity contribution < 1.29 is 4.79 Å². The van der Waals surface area contributed by atoms with Crippen molar-refractivity contribution in [3.63, 3.8) is 0 Å². The van der Waals surface area contributed by atoms with Crippen LogP contribution in [-0.4, -0.2) is 27.4 Å². The van der Waals surface area contributed by atoms with Crippen LogP contribution >= 0.6 is 57.9 Å². The monoisotopic (exact) mass is 562 g/mol. The van der Waals surface area contributed by atoms with Gasteiger partial charge in [-0.1, -0.05) is 52.6 Å². The number of hydrogen-bond donors (Lipinski definition) is 1. The van der Waals surface area contributed by atoms with Gasteiger partial charge in [0.2, 0.25) is 0 Å². The molecule has 0 spiro atoms. The van der Waals surface area contributed by atoms with E-state index in [9.17, 15) is 9.59 Å². The molecule has 2 aromatic carbocycles. The Labute approximate surface area is 223 Å². The molecule has 0 saturated heterocycles. The van der Waals surface area contributed by atoms with Crippen molar-refractivity contribution in [1.82, 2.24) is 15.0 Å². The molecular weight excluding hydrogens is 547 g/mol. The molecule has 178 valence electrons. The Morgan fingerprint density at radius 1 is 1.14 bits per heavy atom. The number of thiophene rings is 1. The third kappa shape index (κ3) is 5.13. The molecule has 35 heavy (non-hydrogen) atoms. The molecule has 0 bridgehead atoms. The lowest BCUT2D eigenvalue weighted by Gasteiger charge is -2.12. The number of rotatable bonds is 6. The van der Waals surface area contributed by atoms with Crippen LogP contribution in [0.2, 0.25) is 15.1 Å². The van der Waals surface area contributed by atoms with Crippen molar-refractivity contribution in [2.24, 2.45) is 5.10 Å². The van der Waals surface area contributed by atoms with E-state index in [2.05, 4.69) is 10.5 Å². The number of aryl methyl sites for hydroxylation is 2. The summed E-state index contributed by atoms with van der Waals surface area (Å²) in [4.78, 5) is 32.8.